The van der Waals surface area contributed by atoms with Gasteiger partial charge in [0.25, 0.3) is 5.56 Å². The number of nitrogens with zero attached hydrogens (tertiary/aromatic N) is 2. The predicted octanol–water partition coefficient (Wildman–Crippen LogP) is 1.87. The number of rotatable bonds is 3. The maximum atomic E-state index is 12.3. The van der Waals surface area contributed by atoms with Crippen LogP contribution in [-0.2, 0) is 12.8 Å². The molecule has 1 aromatic heterocycles. The zero-order valence-corrected chi connectivity index (χ0v) is 12.7. The molecule has 0 atom stereocenters. The molecule has 23 heavy (non-hydrogen) atoms. The molecule has 4 rings (SSSR count). The summed E-state index contributed by atoms with van der Waals surface area (Å²) in [6.45, 7) is 0. The smallest absolute Gasteiger partial charge is 0.320 e. The Bertz CT molecular complexity index is 785. The van der Waals surface area contributed by atoms with Gasteiger partial charge in [-0.25, -0.2) is 9.78 Å². The summed E-state index contributed by atoms with van der Waals surface area (Å²) in [4.78, 5) is 28.4. The van der Waals surface area contributed by atoms with Crippen molar-refractivity contribution in [2.75, 3.05) is 5.32 Å². The van der Waals surface area contributed by atoms with Gasteiger partial charge in [-0.05, 0) is 36.8 Å². The first kappa shape index (κ1) is 14.0. The summed E-state index contributed by atoms with van der Waals surface area (Å²) in [5.74, 6) is 0.0902. The van der Waals surface area contributed by atoms with Crippen molar-refractivity contribution >= 4 is 11.8 Å². The van der Waals surface area contributed by atoms with E-state index >= 15 is 0 Å². The molecule has 2 aliphatic rings. The van der Waals surface area contributed by atoms with Gasteiger partial charge in [-0.2, -0.15) is 0 Å². The number of amides is 2. The molecule has 118 valence electrons. The van der Waals surface area contributed by atoms with E-state index in [1.807, 2.05) is 12.1 Å². The number of benzene rings is 1. The predicted molar refractivity (Wildman–Crippen MR) is 86.6 cm³/mol. The van der Waals surface area contributed by atoms with Crippen molar-refractivity contribution in [3.05, 3.63) is 58.1 Å². The number of nitrogens with one attached hydrogen (secondary N) is 2. The lowest BCUT2D eigenvalue weighted by Gasteiger charge is -2.13. The van der Waals surface area contributed by atoms with Gasteiger partial charge in [-0.3, -0.25) is 10.1 Å². The molecule has 0 radical (unpaired) electrons. The van der Waals surface area contributed by atoms with Gasteiger partial charge in [0.05, 0.1) is 0 Å². The lowest BCUT2D eigenvalue weighted by molar-refractivity contribution is 0.248. The minimum atomic E-state index is -0.374. The van der Waals surface area contributed by atoms with E-state index in [-0.39, 0.29) is 29.5 Å². The highest BCUT2D eigenvalue weighted by Gasteiger charge is 2.26. The Kier molecular flexibility index (Phi) is 3.37. The fraction of sp³-hybridized carbons (Fsp3) is 0.353. The molecule has 2 N–H and O–H groups in total. The minimum Gasteiger partial charge on any atom is -0.334 e. The van der Waals surface area contributed by atoms with E-state index < -0.39 is 0 Å². The van der Waals surface area contributed by atoms with Gasteiger partial charge in [0.2, 0.25) is 5.82 Å². The summed E-state index contributed by atoms with van der Waals surface area (Å²) >= 11 is 0. The van der Waals surface area contributed by atoms with Crippen LogP contribution >= 0.6 is 0 Å². The van der Waals surface area contributed by atoms with E-state index in [2.05, 4.69) is 27.8 Å². The number of anilines is 1. The van der Waals surface area contributed by atoms with Crippen molar-refractivity contribution in [3.8, 4) is 0 Å². The average molecular weight is 310 g/mol. The Labute approximate surface area is 133 Å². The van der Waals surface area contributed by atoms with Crippen LogP contribution < -0.4 is 16.2 Å². The van der Waals surface area contributed by atoms with Crippen molar-refractivity contribution in [2.45, 2.75) is 37.8 Å². The number of carbonyl (C=O) groups excluding carboxylic acids is 1. The number of aromatic nitrogens is 2. The topological polar surface area (TPSA) is 76.0 Å². The second-order valence-electron chi connectivity index (χ2n) is 6.19. The first-order valence-electron chi connectivity index (χ1n) is 7.92. The Morgan fingerprint density at radius 2 is 1.87 bits per heavy atom. The standard InChI is InChI=1S/C17H18N4O2/c22-16-15(18-7-8-21(16)14-5-6-14)20-17(23)19-13-9-11-3-1-2-4-12(11)10-13/h1-4,7-8,13-14H,5-6,9-10H2,(H2,18,19,20,23). The molecule has 0 saturated heterocycles. The first-order chi connectivity index (χ1) is 11.2. The highest BCUT2D eigenvalue weighted by Crippen LogP contribution is 2.33. The normalized spacial score (nSPS) is 16.9. The molecule has 0 bridgehead atoms. The Morgan fingerprint density at radius 3 is 2.52 bits per heavy atom. The molecule has 1 fully saturated rings. The van der Waals surface area contributed by atoms with Crippen LogP contribution in [0.1, 0.15) is 30.0 Å². The monoisotopic (exact) mass is 310 g/mol. The zero-order valence-electron chi connectivity index (χ0n) is 12.7. The summed E-state index contributed by atoms with van der Waals surface area (Å²) in [6.07, 6.45) is 6.89. The lowest BCUT2D eigenvalue weighted by atomic mass is 10.1. The van der Waals surface area contributed by atoms with Crippen molar-refractivity contribution in [2.24, 2.45) is 0 Å². The van der Waals surface area contributed by atoms with Crippen LogP contribution in [-0.4, -0.2) is 21.6 Å². The maximum absolute atomic E-state index is 12.3. The van der Waals surface area contributed by atoms with Crippen LogP contribution in [0.2, 0.25) is 0 Å². The molecule has 2 aliphatic carbocycles. The van der Waals surface area contributed by atoms with Crippen LogP contribution in [0.15, 0.2) is 41.5 Å². The lowest BCUT2D eigenvalue weighted by Crippen LogP contribution is -2.40. The Morgan fingerprint density at radius 1 is 1.17 bits per heavy atom. The fourth-order valence-electron chi connectivity index (χ4n) is 3.14. The van der Waals surface area contributed by atoms with Gasteiger partial charge in [0, 0.05) is 24.5 Å². The molecule has 0 aliphatic heterocycles. The molecule has 2 aromatic rings. The van der Waals surface area contributed by atoms with Crippen LogP contribution in [0.3, 0.4) is 0 Å². The number of carbonyl (C=O) groups is 1. The molecule has 2 amide bonds. The summed E-state index contributed by atoms with van der Waals surface area (Å²) in [6, 6.07) is 8.13. The highest BCUT2D eigenvalue weighted by atomic mass is 16.2. The second-order valence-corrected chi connectivity index (χ2v) is 6.19. The summed E-state index contributed by atoms with van der Waals surface area (Å²) in [5.41, 5.74) is 2.30. The molecule has 6 heteroatoms. The summed E-state index contributed by atoms with van der Waals surface area (Å²) in [7, 11) is 0. The molecule has 1 saturated carbocycles. The zero-order chi connectivity index (χ0) is 15.8. The third kappa shape index (κ3) is 2.84. The Balaban J connectivity index is 1.42. The summed E-state index contributed by atoms with van der Waals surface area (Å²) in [5, 5.41) is 5.52. The third-order valence-corrected chi connectivity index (χ3v) is 4.43. The number of urea groups is 1. The van der Waals surface area contributed by atoms with E-state index in [9.17, 15) is 9.59 Å². The average Bonchev–Trinajstić information content (AvgIpc) is 3.29. The van der Waals surface area contributed by atoms with Gasteiger partial charge in [0.15, 0.2) is 0 Å². The van der Waals surface area contributed by atoms with Crippen molar-refractivity contribution in [1.82, 2.24) is 14.9 Å². The van der Waals surface area contributed by atoms with Gasteiger partial charge in [0.1, 0.15) is 0 Å². The van der Waals surface area contributed by atoms with Gasteiger partial charge in [-0.15, -0.1) is 0 Å². The van der Waals surface area contributed by atoms with E-state index in [4.69, 9.17) is 0 Å². The highest BCUT2D eigenvalue weighted by molar-refractivity contribution is 5.88. The van der Waals surface area contributed by atoms with Crippen molar-refractivity contribution in [3.63, 3.8) is 0 Å². The second kappa shape index (κ2) is 5.53. The number of hydrogen-bond acceptors (Lipinski definition) is 3. The molecule has 0 unspecified atom stereocenters. The fourth-order valence-corrected chi connectivity index (χ4v) is 3.14. The largest absolute Gasteiger partial charge is 0.334 e. The first-order valence-corrected chi connectivity index (χ1v) is 7.92. The van der Waals surface area contributed by atoms with Crippen LogP contribution in [0.5, 0.6) is 0 Å². The SMILES string of the molecule is O=C(Nc1nccn(C2CC2)c1=O)NC1Cc2ccccc2C1. The molecule has 1 aromatic carbocycles. The van der Waals surface area contributed by atoms with Crippen LogP contribution in [0.25, 0.3) is 0 Å². The quantitative estimate of drug-likeness (QED) is 0.908. The number of fused-ring (bicyclic) bond motifs is 1. The van der Waals surface area contributed by atoms with E-state index in [0.717, 1.165) is 25.7 Å². The van der Waals surface area contributed by atoms with Gasteiger partial charge >= 0.3 is 6.03 Å². The van der Waals surface area contributed by atoms with E-state index in [1.54, 1.807) is 17.0 Å². The van der Waals surface area contributed by atoms with Crippen LogP contribution in [0.4, 0.5) is 10.6 Å². The molecule has 1 heterocycles. The van der Waals surface area contributed by atoms with Crippen LogP contribution in [0, 0.1) is 0 Å². The van der Waals surface area contributed by atoms with Crippen molar-refractivity contribution in [1.29, 1.82) is 0 Å². The van der Waals surface area contributed by atoms with E-state index in [1.165, 1.54) is 11.1 Å². The van der Waals surface area contributed by atoms with Gasteiger partial charge in [-0.1, -0.05) is 24.3 Å². The maximum Gasteiger partial charge on any atom is 0.320 e. The molecular weight excluding hydrogens is 292 g/mol. The summed E-state index contributed by atoms with van der Waals surface area (Å²) < 4.78 is 1.65. The number of hydrogen-bond donors (Lipinski definition) is 2. The minimum absolute atomic E-state index is 0.0572. The molecular formula is C17H18N4O2. The molecule has 6 nitrogen and oxygen atoms in total. The van der Waals surface area contributed by atoms with Crippen molar-refractivity contribution < 1.29 is 4.79 Å². The van der Waals surface area contributed by atoms with Gasteiger partial charge < -0.3 is 9.88 Å². The van der Waals surface area contributed by atoms with E-state index in [0.29, 0.717) is 0 Å². The molecule has 0 spiro atoms. The Hall–Kier alpha value is -2.63. The third-order valence-electron chi connectivity index (χ3n) is 4.43.